The molecule has 7 heteroatoms. The maximum atomic E-state index is 12.9. The van der Waals surface area contributed by atoms with E-state index in [0.29, 0.717) is 37.5 Å². The second kappa shape index (κ2) is 7.72. The van der Waals surface area contributed by atoms with Crippen LogP contribution in [0.5, 0.6) is 5.75 Å². The van der Waals surface area contributed by atoms with Gasteiger partial charge in [0.1, 0.15) is 5.75 Å². The topological polar surface area (TPSA) is 67.2 Å². The van der Waals surface area contributed by atoms with Crippen LogP contribution in [-0.4, -0.2) is 63.5 Å². The third kappa shape index (κ3) is 3.55. The van der Waals surface area contributed by atoms with Crippen molar-refractivity contribution in [1.29, 1.82) is 0 Å². The maximum Gasteiger partial charge on any atom is 0.263 e. The third-order valence-electron chi connectivity index (χ3n) is 4.94. The van der Waals surface area contributed by atoms with Crippen LogP contribution in [0, 0.1) is 0 Å². The predicted octanol–water partition coefficient (Wildman–Crippen LogP) is 2.09. The van der Waals surface area contributed by atoms with Gasteiger partial charge in [-0.1, -0.05) is 24.3 Å². The maximum absolute atomic E-state index is 12.9. The lowest BCUT2D eigenvalue weighted by Crippen LogP contribution is -2.53. The van der Waals surface area contributed by atoms with Crippen LogP contribution in [0.3, 0.4) is 0 Å². The van der Waals surface area contributed by atoms with Gasteiger partial charge in [-0.3, -0.25) is 9.59 Å². The van der Waals surface area contributed by atoms with Crippen LogP contribution >= 0.6 is 0 Å². The first-order chi connectivity index (χ1) is 13.6. The van der Waals surface area contributed by atoms with E-state index >= 15 is 0 Å². The molecular weight excluding hydrogens is 356 g/mol. The van der Waals surface area contributed by atoms with Crippen LogP contribution in [0.1, 0.15) is 17.3 Å². The molecule has 7 nitrogen and oxygen atoms in total. The van der Waals surface area contributed by atoms with Crippen molar-refractivity contribution in [2.45, 2.75) is 13.0 Å². The number of para-hydroxylation sites is 1. The molecule has 1 atom stereocenters. The molecule has 28 heavy (non-hydrogen) atoms. The quantitative estimate of drug-likeness (QED) is 0.697. The number of benzene rings is 1. The number of hydrogen-bond acceptors (Lipinski definition) is 4. The third-order valence-corrected chi connectivity index (χ3v) is 4.94. The van der Waals surface area contributed by atoms with E-state index in [1.807, 2.05) is 54.7 Å². The number of amides is 2. The first-order valence-corrected chi connectivity index (χ1v) is 9.35. The van der Waals surface area contributed by atoms with Crippen LogP contribution in [0.15, 0.2) is 60.9 Å². The van der Waals surface area contributed by atoms with Crippen molar-refractivity contribution in [3.8, 4) is 5.75 Å². The number of carbonyl (C=O) groups is 2. The minimum absolute atomic E-state index is 0.0538. The molecule has 2 amide bonds. The minimum atomic E-state index is -0.565. The van der Waals surface area contributed by atoms with Crippen molar-refractivity contribution in [2.24, 2.45) is 0 Å². The average Bonchev–Trinajstić information content (AvgIpc) is 3.17. The van der Waals surface area contributed by atoms with Gasteiger partial charge < -0.3 is 14.5 Å². The van der Waals surface area contributed by atoms with Gasteiger partial charge in [0.05, 0.1) is 17.3 Å². The molecule has 0 saturated carbocycles. The summed E-state index contributed by atoms with van der Waals surface area (Å²) in [4.78, 5) is 29.1. The van der Waals surface area contributed by atoms with Crippen molar-refractivity contribution in [3.05, 3.63) is 66.5 Å². The fraction of sp³-hybridized carbons (Fsp3) is 0.286. The van der Waals surface area contributed by atoms with E-state index in [1.165, 1.54) is 0 Å². The van der Waals surface area contributed by atoms with E-state index in [2.05, 4.69) is 5.10 Å². The van der Waals surface area contributed by atoms with Crippen LogP contribution in [0.2, 0.25) is 0 Å². The molecule has 1 aliphatic heterocycles. The molecule has 1 aliphatic rings. The number of piperazine rings is 1. The summed E-state index contributed by atoms with van der Waals surface area (Å²) in [7, 11) is 0. The summed E-state index contributed by atoms with van der Waals surface area (Å²) >= 11 is 0. The highest BCUT2D eigenvalue weighted by atomic mass is 16.5. The molecule has 0 radical (unpaired) electrons. The largest absolute Gasteiger partial charge is 0.481 e. The zero-order valence-electron chi connectivity index (χ0n) is 15.7. The highest BCUT2D eigenvalue weighted by Gasteiger charge is 2.29. The lowest BCUT2D eigenvalue weighted by molar-refractivity contribution is -0.139. The van der Waals surface area contributed by atoms with Crippen molar-refractivity contribution in [3.63, 3.8) is 0 Å². The number of nitrogens with zero attached hydrogens (tertiary/aromatic N) is 4. The Bertz CT molecular complexity index is 977. The molecule has 0 bridgehead atoms. The zero-order chi connectivity index (χ0) is 19.5. The van der Waals surface area contributed by atoms with Crippen LogP contribution in [0.25, 0.3) is 5.52 Å². The second-order valence-electron chi connectivity index (χ2n) is 6.78. The van der Waals surface area contributed by atoms with E-state index in [9.17, 15) is 9.59 Å². The Labute approximate surface area is 163 Å². The first kappa shape index (κ1) is 18.0. The molecule has 3 heterocycles. The van der Waals surface area contributed by atoms with Gasteiger partial charge in [-0.25, -0.2) is 4.52 Å². The van der Waals surface area contributed by atoms with Crippen LogP contribution < -0.4 is 4.74 Å². The number of rotatable bonds is 4. The number of carbonyl (C=O) groups excluding carboxylic acids is 2. The summed E-state index contributed by atoms with van der Waals surface area (Å²) in [5.74, 6) is 0.555. The van der Waals surface area contributed by atoms with Crippen LogP contribution in [0.4, 0.5) is 0 Å². The molecule has 0 aliphatic carbocycles. The molecule has 1 aromatic carbocycles. The van der Waals surface area contributed by atoms with Gasteiger partial charge in [-0.15, -0.1) is 0 Å². The Hall–Kier alpha value is -3.35. The molecule has 0 spiro atoms. The summed E-state index contributed by atoms with van der Waals surface area (Å²) in [6.07, 6.45) is 2.85. The van der Waals surface area contributed by atoms with E-state index in [0.717, 1.165) is 5.52 Å². The van der Waals surface area contributed by atoms with Crippen molar-refractivity contribution < 1.29 is 14.3 Å². The van der Waals surface area contributed by atoms with Crippen molar-refractivity contribution >= 4 is 17.3 Å². The fourth-order valence-electron chi connectivity index (χ4n) is 3.41. The van der Waals surface area contributed by atoms with Gasteiger partial charge in [0.2, 0.25) is 0 Å². The summed E-state index contributed by atoms with van der Waals surface area (Å²) in [6.45, 7) is 3.73. The minimum Gasteiger partial charge on any atom is -0.481 e. The molecule has 0 unspecified atom stereocenters. The van der Waals surface area contributed by atoms with E-state index in [1.54, 1.807) is 27.4 Å². The molecule has 1 saturated heterocycles. The van der Waals surface area contributed by atoms with Gasteiger partial charge in [-0.2, -0.15) is 5.10 Å². The highest BCUT2D eigenvalue weighted by Crippen LogP contribution is 2.16. The van der Waals surface area contributed by atoms with Gasteiger partial charge >= 0.3 is 0 Å². The van der Waals surface area contributed by atoms with Crippen LogP contribution in [-0.2, 0) is 4.79 Å². The van der Waals surface area contributed by atoms with Gasteiger partial charge in [-0.05, 0) is 31.2 Å². The summed E-state index contributed by atoms with van der Waals surface area (Å²) < 4.78 is 7.42. The van der Waals surface area contributed by atoms with Gasteiger partial charge in [0, 0.05) is 32.4 Å². The first-order valence-electron chi connectivity index (χ1n) is 9.35. The normalized spacial score (nSPS) is 15.5. The molecule has 2 aromatic heterocycles. The van der Waals surface area contributed by atoms with Crippen molar-refractivity contribution in [2.75, 3.05) is 26.2 Å². The highest BCUT2D eigenvalue weighted by molar-refractivity contribution is 6.00. The SMILES string of the molecule is C[C@H](Oc1ccccc1)C(=O)N1CCN(C(=O)c2cnn3ccccc23)CC1. The Kier molecular flexibility index (Phi) is 4.97. The standard InChI is InChI=1S/C21H22N4O3/c1-16(28-17-7-3-2-4-8-17)20(26)23-11-13-24(14-12-23)21(27)18-15-22-25-10-6-5-9-19(18)25/h2-10,15-16H,11-14H2,1H3/t16-/m0/s1. The molecule has 4 rings (SSSR count). The average molecular weight is 378 g/mol. The molecule has 0 N–H and O–H groups in total. The van der Waals surface area contributed by atoms with E-state index in [4.69, 9.17) is 4.74 Å². The zero-order valence-corrected chi connectivity index (χ0v) is 15.7. The fourth-order valence-corrected chi connectivity index (χ4v) is 3.41. The number of pyridine rings is 1. The Morgan fingerprint density at radius 1 is 0.964 bits per heavy atom. The van der Waals surface area contributed by atoms with E-state index in [-0.39, 0.29) is 11.8 Å². The van der Waals surface area contributed by atoms with Gasteiger partial charge in [0.15, 0.2) is 6.10 Å². The smallest absolute Gasteiger partial charge is 0.263 e. The van der Waals surface area contributed by atoms with E-state index < -0.39 is 6.10 Å². The Morgan fingerprint density at radius 2 is 1.64 bits per heavy atom. The number of hydrogen-bond donors (Lipinski definition) is 0. The predicted molar refractivity (Wildman–Crippen MR) is 104 cm³/mol. The lowest BCUT2D eigenvalue weighted by atomic mass is 10.2. The Morgan fingerprint density at radius 3 is 2.39 bits per heavy atom. The molecule has 3 aromatic rings. The van der Waals surface area contributed by atoms with Gasteiger partial charge in [0.25, 0.3) is 11.8 Å². The summed E-state index contributed by atoms with van der Waals surface area (Å²) in [5, 5.41) is 4.23. The monoisotopic (exact) mass is 378 g/mol. The van der Waals surface area contributed by atoms with Crippen molar-refractivity contribution in [1.82, 2.24) is 19.4 Å². The molecule has 144 valence electrons. The number of fused-ring (bicyclic) bond motifs is 1. The molecule has 1 fully saturated rings. The second-order valence-corrected chi connectivity index (χ2v) is 6.78. The summed E-state index contributed by atoms with van der Waals surface area (Å²) in [5.41, 5.74) is 1.37. The number of aromatic nitrogens is 2. The summed E-state index contributed by atoms with van der Waals surface area (Å²) in [6, 6.07) is 14.9. The lowest BCUT2D eigenvalue weighted by Gasteiger charge is -2.35. The Balaban J connectivity index is 1.36. The number of ether oxygens (including phenoxy) is 1. The molecular formula is C21H22N4O3.